The topological polar surface area (TPSA) is 73.2 Å². The maximum Gasteiger partial charge on any atom is 0.300 e. The molecule has 0 aromatic rings. The number of piperidine rings is 1. The van der Waals surface area contributed by atoms with Gasteiger partial charge in [-0.2, -0.15) is 0 Å². The third kappa shape index (κ3) is 7.31. The Hall–Kier alpha value is -1.06. The quantitative estimate of drug-likeness (QED) is 0.536. The van der Waals surface area contributed by atoms with Gasteiger partial charge in [-0.3, -0.25) is 10.2 Å². The van der Waals surface area contributed by atoms with Crippen LogP contribution in [0.5, 0.6) is 0 Å². The first-order chi connectivity index (χ1) is 5.91. The van der Waals surface area contributed by atoms with Crippen LogP contribution in [-0.2, 0) is 4.79 Å². The second-order valence-corrected chi connectivity index (χ2v) is 3.59. The number of hydrogen-bond donors (Lipinski definition) is 3. The van der Waals surface area contributed by atoms with Gasteiger partial charge in [-0.25, -0.2) is 0 Å². The van der Waals surface area contributed by atoms with Crippen molar-refractivity contribution in [3.8, 4) is 0 Å². The second kappa shape index (κ2) is 5.56. The molecule has 0 aromatic carbocycles. The van der Waals surface area contributed by atoms with E-state index < -0.39 is 5.97 Å². The third-order valence-corrected chi connectivity index (χ3v) is 1.73. The summed E-state index contributed by atoms with van der Waals surface area (Å²) in [4.78, 5) is 9.00. The highest BCUT2D eigenvalue weighted by Crippen LogP contribution is 2.14. The molecule has 1 rings (SSSR count). The molecule has 0 amide bonds. The van der Waals surface area contributed by atoms with Gasteiger partial charge in [0.25, 0.3) is 5.97 Å². The Labute approximate surface area is 78.8 Å². The first-order valence-corrected chi connectivity index (χ1v) is 4.45. The molecule has 0 spiro atoms. The van der Waals surface area contributed by atoms with E-state index in [1.54, 1.807) is 0 Å². The van der Waals surface area contributed by atoms with E-state index in [0.717, 1.165) is 13.3 Å². The van der Waals surface area contributed by atoms with Gasteiger partial charge in [0.2, 0.25) is 0 Å². The fourth-order valence-electron chi connectivity index (χ4n) is 1.45. The highest BCUT2D eigenvalue weighted by atomic mass is 16.4. The van der Waals surface area contributed by atoms with E-state index in [9.17, 15) is 0 Å². The Balaban J connectivity index is 0.000000310. The number of nitrogens with one attached hydrogen (secondary N) is 2. The number of hydrogen-bond acceptors (Lipinski definition) is 2. The zero-order chi connectivity index (χ0) is 10.4. The lowest BCUT2D eigenvalue weighted by Crippen LogP contribution is -2.39. The van der Waals surface area contributed by atoms with Crippen molar-refractivity contribution >= 4 is 11.8 Å². The van der Waals surface area contributed by atoms with Crippen LogP contribution in [0.25, 0.3) is 0 Å². The van der Waals surface area contributed by atoms with Crippen molar-refractivity contribution in [2.75, 3.05) is 0 Å². The minimum absolute atomic E-state index is 0.515. The minimum atomic E-state index is -0.833. The van der Waals surface area contributed by atoms with E-state index in [4.69, 9.17) is 15.3 Å². The minimum Gasteiger partial charge on any atom is -0.481 e. The van der Waals surface area contributed by atoms with Gasteiger partial charge in [0.15, 0.2) is 0 Å². The van der Waals surface area contributed by atoms with Gasteiger partial charge in [0.05, 0.1) is 5.84 Å². The predicted octanol–water partition coefficient (Wildman–Crippen LogP) is 1.46. The summed E-state index contributed by atoms with van der Waals surface area (Å²) < 4.78 is 0. The van der Waals surface area contributed by atoms with E-state index in [2.05, 4.69) is 19.2 Å². The van der Waals surface area contributed by atoms with Crippen LogP contribution in [0, 0.1) is 11.3 Å². The molecule has 3 N–H and O–H groups in total. The summed E-state index contributed by atoms with van der Waals surface area (Å²) in [6.07, 6.45) is 2.15. The SMILES string of the molecule is CC(=O)O.CC1CC(=N)NC(C)C1. The molecule has 0 aliphatic carbocycles. The average molecular weight is 186 g/mol. The van der Waals surface area contributed by atoms with Gasteiger partial charge in [-0.1, -0.05) is 6.92 Å². The van der Waals surface area contributed by atoms with E-state index in [-0.39, 0.29) is 0 Å². The van der Waals surface area contributed by atoms with Crippen LogP contribution < -0.4 is 5.32 Å². The zero-order valence-electron chi connectivity index (χ0n) is 8.42. The molecule has 4 nitrogen and oxygen atoms in total. The number of rotatable bonds is 0. The molecule has 0 radical (unpaired) electrons. The molecule has 1 saturated heterocycles. The van der Waals surface area contributed by atoms with Crippen LogP contribution in [-0.4, -0.2) is 23.0 Å². The van der Waals surface area contributed by atoms with Gasteiger partial charge in [-0.05, 0) is 19.3 Å². The molecule has 0 bridgehead atoms. The summed E-state index contributed by atoms with van der Waals surface area (Å²) in [5.41, 5.74) is 0. The smallest absolute Gasteiger partial charge is 0.300 e. The highest BCUT2D eigenvalue weighted by molar-refractivity contribution is 5.80. The largest absolute Gasteiger partial charge is 0.481 e. The summed E-state index contributed by atoms with van der Waals surface area (Å²) in [7, 11) is 0. The molecule has 1 heterocycles. The van der Waals surface area contributed by atoms with Crippen molar-refractivity contribution in [3.63, 3.8) is 0 Å². The normalized spacial score (nSPS) is 26.8. The fourth-order valence-corrected chi connectivity index (χ4v) is 1.45. The first-order valence-electron chi connectivity index (χ1n) is 4.45. The summed E-state index contributed by atoms with van der Waals surface area (Å²) >= 11 is 0. The molecule has 1 aliphatic rings. The van der Waals surface area contributed by atoms with Crippen molar-refractivity contribution in [1.29, 1.82) is 5.41 Å². The van der Waals surface area contributed by atoms with Crippen molar-refractivity contribution in [2.24, 2.45) is 5.92 Å². The lowest BCUT2D eigenvalue weighted by atomic mass is 9.95. The Morgan fingerprint density at radius 3 is 2.38 bits per heavy atom. The Kier molecular flexibility index (Phi) is 5.11. The Bertz CT molecular complexity index is 176. The Morgan fingerprint density at radius 1 is 1.62 bits per heavy atom. The molecule has 4 heteroatoms. The van der Waals surface area contributed by atoms with Crippen LogP contribution in [0.2, 0.25) is 0 Å². The number of carboxylic acids is 1. The molecular formula is C9H18N2O2. The van der Waals surface area contributed by atoms with E-state index in [1.807, 2.05) is 0 Å². The van der Waals surface area contributed by atoms with Crippen LogP contribution in [0.4, 0.5) is 0 Å². The van der Waals surface area contributed by atoms with Crippen LogP contribution in [0.1, 0.15) is 33.6 Å². The average Bonchev–Trinajstić information content (AvgIpc) is 1.80. The van der Waals surface area contributed by atoms with Gasteiger partial charge >= 0.3 is 0 Å². The predicted molar refractivity (Wildman–Crippen MR) is 52.0 cm³/mol. The van der Waals surface area contributed by atoms with Crippen molar-refractivity contribution in [3.05, 3.63) is 0 Å². The van der Waals surface area contributed by atoms with Crippen LogP contribution in [0.15, 0.2) is 0 Å². The fraction of sp³-hybridized carbons (Fsp3) is 0.778. The van der Waals surface area contributed by atoms with E-state index in [1.165, 1.54) is 6.42 Å². The van der Waals surface area contributed by atoms with E-state index >= 15 is 0 Å². The van der Waals surface area contributed by atoms with Gasteiger partial charge < -0.3 is 10.4 Å². The van der Waals surface area contributed by atoms with Crippen LogP contribution >= 0.6 is 0 Å². The highest BCUT2D eigenvalue weighted by Gasteiger charge is 2.16. The standard InChI is InChI=1S/C7H14N2.C2H4O2/c1-5-3-6(2)9-7(8)4-5;1-2(3)4/h5-6H,3-4H2,1-2H3,(H2,8,9);1H3,(H,3,4). The molecule has 1 fully saturated rings. The van der Waals surface area contributed by atoms with Crippen molar-refractivity contribution < 1.29 is 9.90 Å². The monoisotopic (exact) mass is 186 g/mol. The summed E-state index contributed by atoms with van der Waals surface area (Å²) in [6.45, 7) is 5.41. The number of carbonyl (C=O) groups is 1. The van der Waals surface area contributed by atoms with Crippen LogP contribution in [0.3, 0.4) is 0 Å². The number of aliphatic carboxylic acids is 1. The second-order valence-electron chi connectivity index (χ2n) is 3.59. The van der Waals surface area contributed by atoms with Crippen molar-refractivity contribution in [2.45, 2.75) is 39.7 Å². The lowest BCUT2D eigenvalue weighted by Gasteiger charge is -2.26. The Morgan fingerprint density at radius 2 is 2.08 bits per heavy atom. The molecule has 76 valence electrons. The van der Waals surface area contributed by atoms with Gasteiger partial charge in [0, 0.05) is 19.4 Å². The maximum atomic E-state index is 9.00. The molecule has 0 saturated carbocycles. The lowest BCUT2D eigenvalue weighted by molar-refractivity contribution is -0.134. The zero-order valence-corrected chi connectivity index (χ0v) is 8.42. The van der Waals surface area contributed by atoms with E-state index in [0.29, 0.717) is 17.8 Å². The summed E-state index contributed by atoms with van der Waals surface area (Å²) in [5.74, 6) is 0.579. The summed E-state index contributed by atoms with van der Waals surface area (Å²) in [6, 6.07) is 0.515. The summed E-state index contributed by atoms with van der Waals surface area (Å²) in [5, 5.41) is 17.8. The number of carboxylic acid groups (broad SMARTS) is 1. The first kappa shape index (κ1) is 11.9. The molecular weight excluding hydrogens is 168 g/mol. The molecule has 2 atom stereocenters. The van der Waals surface area contributed by atoms with Crippen molar-refractivity contribution in [1.82, 2.24) is 5.32 Å². The maximum absolute atomic E-state index is 9.00. The van der Waals surface area contributed by atoms with Gasteiger partial charge in [-0.15, -0.1) is 0 Å². The molecule has 1 aliphatic heterocycles. The van der Waals surface area contributed by atoms with Gasteiger partial charge in [0.1, 0.15) is 0 Å². The third-order valence-electron chi connectivity index (χ3n) is 1.73. The molecule has 0 aromatic heterocycles. The number of amidine groups is 1. The molecule has 13 heavy (non-hydrogen) atoms. The molecule has 2 unspecified atom stereocenters.